The molecule has 4 aromatic rings. The minimum absolute atomic E-state index is 0.0721. The van der Waals surface area contributed by atoms with Crippen molar-refractivity contribution in [1.29, 1.82) is 0 Å². The molecule has 5 rings (SSSR count). The predicted octanol–water partition coefficient (Wildman–Crippen LogP) is 6.01. The van der Waals surface area contributed by atoms with Gasteiger partial charge in [-0.15, -0.1) is 0 Å². The minimum Gasteiger partial charge on any atom is -0.488 e. The number of hydrogen-bond donors (Lipinski definition) is 2. The van der Waals surface area contributed by atoms with Gasteiger partial charge < -0.3 is 15.4 Å². The number of carbonyl (C=O) groups is 2. The van der Waals surface area contributed by atoms with Crippen molar-refractivity contribution in [1.82, 2.24) is 0 Å². The number of hydrogen-bond acceptors (Lipinski definition) is 5. The summed E-state index contributed by atoms with van der Waals surface area (Å²) < 4.78 is 20.1. The Bertz CT molecular complexity index is 1340. The summed E-state index contributed by atoms with van der Waals surface area (Å²) in [6.45, 7) is 0.299. The molecule has 1 aromatic heterocycles. The summed E-state index contributed by atoms with van der Waals surface area (Å²) >= 11 is 1.39. The lowest BCUT2D eigenvalue weighted by molar-refractivity contribution is 0.102. The Balaban J connectivity index is 1.38. The fourth-order valence-electron chi connectivity index (χ4n) is 3.53. The Hall–Kier alpha value is -3.97. The molecule has 2 heterocycles. The maximum atomic E-state index is 14.3. The van der Waals surface area contributed by atoms with Gasteiger partial charge in [0, 0.05) is 33.9 Å². The molecule has 158 valence electrons. The van der Waals surface area contributed by atoms with Crippen LogP contribution >= 0.6 is 11.3 Å². The first-order valence-corrected chi connectivity index (χ1v) is 10.8. The Morgan fingerprint density at radius 3 is 2.62 bits per heavy atom. The van der Waals surface area contributed by atoms with Gasteiger partial charge in [0.2, 0.25) is 0 Å². The van der Waals surface area contributed by atoms with E-state index in [1.54, 1.807) is 47.2 Å². The monoisotopic (exact) mass is 444 g/mol. The zero-order chi connectivity index (χ0) is 22.1. The smallest absolute Gasteiger partial charge is 0.256 e. The first-order valence-electron chi connectivity index (χ1n) is 9.88. The van der Waals surface area contributed by atoms with Crippen LogP contribution < -0.4 is 15.4 Å². The number of halogens is 1. The van der Waals surface area contributed by atoms with Crippen LogP contribution in [0, 0.1) is 5.82 Å². The maximum absolute atomic E-state index is 14.3. The van der Waals surface area contributed by atoms with Crippen LogP contribution in [0.2, 0.25) is 0 Å². The molecule has 0 saturated carbocycles. The molecule has 0 fully saturated rings. The number of amides is 1. The lowest BCUT2D eigenvalue weighted by Crippen LogP contribution is -2.12. The summed E-state index contributed by atoms with van der Waals surface area (Å²) in [6.07, 6.45) is 0. The number of ether oxygens (including phenoxy) is 1. The van der Waals surface area contributed by atoms with E-state index in [4.69, 9.17) is 4.74 Å². The molecule has 0 atom stereocenters. The van der Waals surface area contributed by atoms with E-state index in [1.165, 1.54) is 23.5 Å². The second-order valence-electron chi connectivity index (χ2n) is 7.27. The lowest BCUT2D eigenvalue weighted by atomic mass is 9.99. The number of ketones is 1. The standard InChI is InChI=1S/C25H17FN2O3S/c26-21-8-6-17(11-22(21)28-25(30)16-9-10-32-14-16)27-18-5-7-20-23(12-18)31-13-15-3-1-2-4-19(15)24(20)29/h1-12,14,27H,13H2,(H,28,30). The Morgan fingerprint density at radius 1 is 0.969 bits per heavy atom. The van der Waals surface area contributed by atoms with Crippen molar-refractivity contribution >= 4 is 40.1 Å². The van der Waals surface area contributed by atoms with Gasteiger partial charge in [-0.1, -0.05) is 24.3 Å². The number of thiophene rings is 1. The topological polar surface area (TPSA) is 67.4 Å². The van der Waals surface area contributed by atoms with E-state index in [1.807, 2.05) is 18.2 Å². The Kier molecular flexibility index (Phi) is 5.17. The number of fused-ring (bicyclic) bond motifs is 2. The normalized spacial score (nSPS) is 12.2. The maximum Gasteiger partial charge on any atom is 0.256 e. The molecule has 32 heavy (non-hydrogen) atoms. The number of nitrogens with one attached hydrogen (secondary N) is 2. The molecule has 0 saturated heterocycles. The van der Waals surface area contributed by atoms with Crippen molar-refractivity contribution in [2.45, 2.75) is 6.61 Å². The van der Waals surface area contributed by atoms with Crippen molar-refractivity contribution in [3.63, 3.8) is 0 Å². The van der Waals surface area contributed by atoms with Crippen molar-refractivity contribution in [3.8, 4) is 5.75 Å². The van der Waals surface area contributed by atoms with Crippen LogP contribution in [0.5, 0.6) is 5.75 Å². The number of carbonyl (C=O) groups excluding carboxylic acids is 2. The number of anilines is 3. The molecule has 0 bridgehead atoms. The molecule has 5 nitrogen and oxygen atoms in total. The molecule has 0 aliphatic carbocycles. The third kappa shape index (κ3) is 3.86. The quantitative estimate of drug-likeness (QED) is 0.405. The Labute approximate surface area is 187 Å². The highest BCUT2D eigenvalue weighted by Crippen LogP contribution is 2.32. The third-order valence-corrected chi connectivity index (χ3v) is 5.84. The van der Waals surface area contributed by atoms with Crippen LogP contribution in [0.25, 0.3) is 0 Å². The van der Waals surface area contributed by atoms with Crippen LogP contribution in [0.1, 0.15) is 31.8 Å². The molecule has 2 N–H and O–H groups in total. The summed E-state index contributed by atoms with van der Waals surface area (Å²) in [6, 6.07) is 18.7. The predicted molar refractivity (Wildman–Crippen MR) is 123 cm³/mol. The summed E-state index contributed by atoms with van der Waals surface area (Å²) in [7, 11) is 0. The number of benzene rings is 3. The molecule has 1 aliphatic rings. The summed E-state index contributed by atoms with van der Waals surface area (Å²) in [5, 5.41) is 9.26. The third-order valence-electron chi connectivity index (χ3n) is 5.16. The zero-order valence-electron chi connectivity index (χ0n) is 16.7. The highest BCUT2D eigenvalue weighted by molar-refractivity contribution is 7.08. The largest absolute Gasteiger partial charge is 0.488 e. The highest BCUT2D eigenvalue weighted by Gasteiger charge is 2.22. The molecular formula is C25H17FN2O3S. The average Bonchev–Trinajstić information content (AvgIpc) is 3.31. The van der Waals surface area contributed by atoms with Gasteiger partial charge in [-0.05, 0) is 41.8 Å². The van der Waals surface area contributed by atoms with E-state index < -0.39 is 5.82 Å². The van der Waals surface area contributed by atoms with Crippen molar-refractivity contribution < 1.29 is 18.7 Å². The van der Waals surface area contributed by atoms with E-state index >= 15 is 0 Å². The van der Waals surface area contributed by atoms with Crippen molar-refractivity contribution in [2.24, 2.45) is 0 Å². The van der Waals surface area contributed by atoms with Gasteiger partial charge in [0.15, 0.2) is 5.78 Å². The van der Waals surface area contributed by atoms with E-state index in [0.29, 0.717) is 40.4 Å². The molecule has 0 spiro atoms. The van der Waals surface area contributed by atoms with E-state index in [9.17, 15) is 14.0 Å². The van der Waals surface area contributed by atoms with Gasteiger partial charge in [0.1, 0.15) is 18.2 Å². The van der Waals surface area contributed by atoms with Gasteiger partial charge in [-0.3, -0.25) is 9.59 Å². The first kappa shape index (κ1) is 20.0. The number of rotatable bonds is 4. The van der Waals surface area contributed by atoms with Crippen LogP contribution in [-0.2, 0) is 6.61 Å². The first-order chi connectivity index (χ1) is 15.6. The minimum atomic E-state index is -0.534. The van der Waals surface area contributed by atoms with Crippen LogP contribution in [0.3, 0.4) is 0 Å². The summed E-state index contributed by atoms with van der Waals surface area (Å²) in [5.74, 6) is -0.518. The van der Waals surface area contributed by atoms with Gasteiger partial charge in [-0.2, -0.15) is 11.3 Å². The van der Waals surface area contributed by atoms with Crippen LogP contribution in [0.4, 0.5) is 21.5 Å². The molecule has 7 heteroatoms. The van der Waals surface area contributed by atoms with Crippen molar-refractivity contribution in [3.05, 3.63) is 106 Å². The SMILES string of the molecule is O=C(Nc1cc(Nc2ccc3c(c2)OCc2ccccc2C3=O)ccc1F)c1ccsc1. The second kappa shape index (κ2) is 8.28. The molecular weight excluding hydrogens is 427 g/mol. The summed E-state index contributed by atoms with van der Waals surface area (Å²) in [4.78, 5) is 25.2. The van der Waals surface area contributed by atoms with Gasteiger partial charge in [-0.25, -0.2) is 4.39 Å². The average molecular weight is 444 g/mol. The van der Waals surface area contributed by atoms with E-state index in [0.717, 1.165) is 5.56 Å². The second-order valence-corrected chi connectivity index (χ2v) is 8.05. The molecule has 1 amide bonds. The van der Waals surface area contributed by atoms with Gasteiger partial charge in [0.25, 0.3) is 5.91 Å². The molecule has 0 unspecified atom stereocenters. The zero-order valence-corrected chi connectivity index (χ0v) is 17.5. The lowest BCUT2D eigenvalue weighted by Gasteiger charge is -2.13. The molecule has 3 aromatic carbocycles. The summed E-state index contributed by atoms with van der Waals surface area (Å²) in [5.41, 5.74) is 3.76. The fraction of sp³-hybridized carbons (Fsp3) is 0.0400. The van der Waals surface area contributed by atoms with Crippen molar-refractivity contribution in [2.75, 3.05) is 10.6 Å². The van der Waals surface area contributed by atoms with Gasteiger partial charge in [0.05, 0.1) is 16.8 Å². The molecule has 0 radical (unpaired) electrons. The van der Waals surface area contributed by atoms with E-state index in [2.05, 4.69) is 10.6 Å². The van der Waals surface area contributed by atoms with Gasteiger partial charge >= 0.3 is 0 Å². The van der Waals surface area contributed by atoms with Crippen LogP contribution in [0.15, 0.2) is 77.5 Å². The van der Waals surface area contributed by atoms with Crippen LogP contribution in [-0.4, -0.2) is 11.7 Å². The van der Waals surface area contributed by atoms with E-state index in [-0.39, 0.29) is 17.4 Å². The Morgan fingerprint density at radius 2 is 1.78 bits per heavy atom. The molecule has 1 aliphatic heterocycles. The highest BCUT2D eigenvalue weighted by atomic mass is 32.1. The fourth-order valence-corrected chi connectivity index (χ4v) is 4.16.